The van der Waals surface area contributed by atoms with Gasteiger partial charge in [0.1, 0.15) is 11.0 Å². The first-order chi connectivity index (χ1) is 10.4. The molecule has 0 radical (unpaired) electrons. The van der Waals surface area contributed by atoms with E-state index in [0.717, 1.165) is 12.1 Å². The fourth-order valence-corrected chi connectivity index (χ4v) is 1.93. The molecule has 1 atom stereocenters. The summed E-state index contributed by atoms with van der Waals surface area (Å²) in [5.41, 5.74) is 0.321. The summed E-state index contributed by atoms with van der Waals surface area (Å²) in [6.07, 6.45) is 0.165. The zero-order chi connectivity index (χ0) is 16.3. The molecular weight excluding hydrogens is 332 g/mol. The molecule has 0 aliphatic heterocycles. The Morgan fingerprint density at radius 2 is 1.82 bits per heavy atom. The number of rotatable bonds is 4. The van der Waals surface area contributed by atoms with E-state index in [0.29, 0.717) is 0 Å². The van der Waals surface area contributed by atoms with E-state index >= 15 is 0 Å². The van der Waals surface area contributed by atoms with Crippen LogP contribution < -0.4 is 0 Å². The molecule has 0 fully saturated rings. The van der Waals surface area contributed by atoms with Crippen molar-refractivity contribution in [1.82, 2.24) is 4.98 Å². The van der Waals surface area contributed by atoms with Crippen LogP contribution in [0.2, 0.25) is 10.2 Å². The van der Waals surface area contributed by atoms with Crippen molar-refractivity contribution in [2.45, 2.75) is 13.0 Å². The zero-order valence-corrected chi connectivity index (χ0v) is 12.9. The van der Waals surface area contributed by atoms with Gasteiger partial charge >= 0.3 is 5.97 Å². The van der Waals surface area contributed by atoms with Gasteiger partial charge in [0.2, 0.25) is 5.78 Å². The third-order valence-corrected chi connectivity index (χ3v) is 3.50. The lowest BCUT2D eigenvalue weighted by molar-refractivity contribution is 0.0318. The first kappa shape index (κ1) is 16.4. The number of carbonyl (C=O) groups excluding carboxylic acids is 2. The van der Waals surface area contributed by atoms with E-state index < -0.39 is 23.7 Å². The Bertz CT molecular complexity index is 719. The van der Waals surface area contributed by atoms with E-state index in [1.807, 2.05) is 0 Å². The molecule has 7 heteroatoms. The maximum atomic E-state index is 12.8. The molecule has 0 unspecified atom stereocenters. The molecule has 0 bridgehead atoms. The van der Waals surface area contributed by atoms with Crippen molar-refractivity contribution in [2.75, 3.05) is 0 Å². The van der Waals surface area contributed by atoms with E-state index in [-0.39, 0.29) is 21.3 Å². The molecule has 0 saturated heterocycles. The van der Waals surface area contributed by atoms with Crippen LogP contribution >= 0.6 is 23.2 Å². The Hall–Kier alpha value is -1.98. The van der Waals surface area contributed by atoms with Crippen molar-refractivity contribution in [2.24, 2.45) is 0 Å². The van der Waals surface area contributed by atoms with Crippen molar-refractivity contribution in [3.63, 3.8) is 0 Å². The van der Waals surface area contributed by atoms with Crippen LogP contribution in [0.25, 0.3) is 0 Å². The molecule has 114 valence electrons. The first-order valence-electron chi connectivity index (χ1n) is 6.20. The molecule has 2 aromatic rings. The second-order valence-electron chi connectivity index (χ2n) is 4.42. The van der Waals surface area contributed by atoms with Gasteiger partial charge in [0.15, 0.2) is 6.10 Å². The monoisotopic (exact) mass is 341 g/mol. The van der Waals surface area contributed by atoms with Crippen LogP contribution in [0.3, 0.4) is 0 Å². The third kappa shape index (κ3) is 3.81. The number of carbonyl (C=O) groups is 2. The number of pyridine rings is 1. The minimum Gasteiger partial charge on any atom is -0.451 e. The van der Waals surface area contributed by atoms with E-state index in [4.69, 9.17) is 27.9 Å². The van der Waals surface area contributed by atoms with Crippen molar-refractivity contribution in [1.29, 1.82) is 0 Å². The second-order valence-corrected chi connectivity index (χ2v) is 5.18. The molecular formula is C15H10Cl2FNO3. The molecule has 1 heterocycles. The van der Waals surface area contributed by atoms with Gasteiger partial charge in [0.05, 0.1) is 10.6 Å². The van der Waals surface area contributed by atoms with Crippen LogP contribution in [0.15, 0.2) is 36.5 Å². The Kier molecular flexibility index (Phi) is 5.11. The SMILES string of the molecule is C[C@@H](OC(=O)c1cnc(Cl)c(Cl)c1)C(=O)c1ccc(F)cc1. The Morgan fingerprint density at radius 3 is 2.41 bits per heavy atom. The zero-order valence-electron chi connectivity index (χ0n) is 11.3. The minimum atomic E-state index is -1.03. The summed E-state index contributed by atoms with van der Waals surface area (Å²) in [5, 5.41) is 0.169. The van der Waals surface area contributed by atoms with Gasteiger partial charge in [-0.1, -0.05) is 23.2 Å². The highest BCUT2D eigenvalue weighted by Gasteiger charge is 2.21. The number of ether oxygens (including phenoxy) is 1. The van der Waals surface area contributed by atoms with Crippen LogP contribution in [0, 0.1) is 5.82 Å². The number of hydrogen-bond acceptors (Lipinski definition) is 4. The molecule has 0 aliphatic rings. The summed E-state index contributed by atoms with van der Waals surface area (Å²) in [6, 6.07) is 6.26. The average Bonchev–Trinajstić information content (AvgIpc) is 2.50. The number of hydrogen-bond donors (Lipinski definition) is 0. The molecule has 0 saturated carbocycles. The summed E-state index contributed by atoms with van der Waals surface area (Å²) in [6.45, 7) is 1.43. The van der Waals surface area contributed by atoms with Gasteiger partial charge < -0.3 is 4.74 Å². The lowest BCUT2D eigenvalue weighted by Gasteiger charge is -2.12. The standard InChI is InChI=1S/C15H10Cl2FNO3/c1-8(13(20)9-2-4-11(18)5-3-9)22-15(21)10-6-12(16)14(17)19-7-10/h2-8H,1H3/t8-/m1/s1. The Morgan fingerprint density at radius 1 is 1.18 bits per heavy atom. The molecule has 0 aliphatic carbocycles. The van der Waals surface area contributed by atoms with E-state index in [1.165, 1.54) is 31.3 Å². The van der Waals surface area contributed by atoms with Crippen LogP contribution in [0.5, 0.6) is 0 Å². The van der Waals surface area contributed by atoms with Gasteiger partial charge in [-0.05, 0) is 37.3 Å². The normalized spacial score (nSPS) is 11.8. The fourth-order valence-electron chi connectivity index (χ4n) is 1.66. The van der Waals surface area contributed by atoms with Gasteiger partial charge in [0, 0.05) is 11.8 Å². The summed E-state index contributed by atoms with van der Waals surface area (Å²) in [7, 11) is 0. The Balaban J connectivity index is 2.08. The number of halogens is 3. The van der Waals surface area contributed by atoms with Crippen molar-refractivity contribution in [3.8, 4) is 0 Å². The minimum absolute atomic E-state index is 0.0636. The highest BCUT2D eigenvalue weighted by Crippen LogP contribution is 2.20. The van der Waals surface area contributed by atoms with Gasteiger partial charge in [-0.15, -0.1) is 0 Å². The number of Topliss-reactive ketones (excluding diaryl/α,β-unsaturated/α-hetero) is 1. The van der Waals surface area contributed by atoms with Crippen molar-refractivity contribution in [3.05, 3.63) is 63.6 Å². The Labute approximate surface area is 135 Å². The summed E-state index contributed by atoms with van der Waals surface area (Å²) >= 11 is 11.4. The topological polar surface area (TPSA) is 56.3 Å². The largest absolute Gasteiger partial charge is 0.451 e. The average molecular weight is 342 g/mol. The highest BCUT2D eigenvalue weighted by molar-refractivity contribution is 6.41. The summed E-state index contributed by atoms with van der Waals surface area (Å²) in [5.74, 6) is -1.65. The molecule has 1 aromatic heterocycles. The number of benzene rings is 1. The number of nitrogens with zero attached hydrogens (tertiary/aromatic N) is 1. The number of esters is 1. The first-order valence-corrected chi connectivity index (χ1v) is 6.96. The number of ketones is 1. The molecule has 0 amide bonds. The maximum Gasteiger partial charge on any atom is 0.340 e. The third-order valence-electron chi connectivity index (χ3n) is 2.81. The maximum absolute atomic E-state index is 12.8. The van der Waals surface area contributed by atoms with Crippen molar-refractivity contribution < 1.29 is 18.7 Å². The van der Waals surface area contributed by atoms with E-state index in [9.17, 15) is 14.0 Å². The highest BCUT2D eigenvalue weighted by atomic mass is 35.5. The van der Waals surface area contributed by atoms with E-state index in [2.05, 4.69) is 4.98 Å². The van der Waals surface area contributed by atoms with Gasteiger partial charge in [-0.25, -0.2) is 14.2 Å². The van der Waals surface area contributed by atoms with Gasteiger partial charge in [0.25, 0.3) is 0 Å². The van der Waals surface area contributed by atoms with Crippen molar-refractivity contribution >= 4 is 35.0 Å². The molecule has 0 spiro atoms. The smallest absolute Gasteiger partial charge is 0.340 e. The molecule has 2 rings (SSSR count). The lowest BCUT2D eigenvalue weighted by Crippen LogP contribution is -2.24. The molecule has 1 aromatic carbocycles. The van der Waals surface area contributed by atoms with Crippen LogP contribution in [0.4, 0.5) is 4.39 Å². The summed E-state index contributed by atoms with van der Waals surface area (Å²) < 4.78 is 17.9. The van der Waals surface area contributed by atoms with E-state index in [1.54, 1.807) is 0 Å². The molecule has 4 nitrogen and oxygen atoms in total. The lowest BCUT2D eigenvalue weighted by atomic mass is 10.1. The van der Waals surface area contributed by atoms with Gasteiger partial charge in [-0.2, -0.15) is 0 Å². The van der Waals surface area contributed by atoms with Crippen LogP contribution in [-0.2, 0) is 4.74 Å². The molecule has 0 N–H and O–H groups in total. The summed E-state index contributed by atoms with van der Waals surface area (Å²) in [4.78, 5) is 27.7. The van der Waals surface area contributed by atoms with Crippen LogP contribution in [0.1, 0.15) is 27.6 Å². The van der Waals surface area contributed by atoms with Gasteiger partial charge in [-0.3, -0.25) is 4.79 Å². The predicted molar refractivity (Wildman–Crippen MR) is 79.9 cm³/mol. The van der Waals surface area contributed by atoms with Crippen LogP contribution in [-0.4, -0.2) is 22.8 Å². The predicted octanol–water partition coefficient (Wildman–Crippen LogP) is 3.96. The fraction of sp³-hybridized carbons (Fsp3) is 0.133. The quantitative estimate of drug-likeness (QED) is 0.480. The second kappa shape index (κ2) is 6.85. The molecule has 22 heavy (non-hydrogen) atoms. The number of aromatic nitrogens is 1.